The molecular weight excluding hydrogens is 900 g/mol. The molecule has 62 heavy (non-hydrogen) atoms. The van der Waals surface area contributed by atoms with Gasteiger partial charge in [-0.3, -0.25) is 0 Å². The summed E-state index contributed by atoms with van der Waals surface area (Å²) in [5.74, 6) is 0. The summed E-state index contributed by atoms with van der Waals surface area (Å²) in [4.78, 5) is 10.2. The van der Waals surface area contributed by atoms with Crippen molar-refractivity contribution in [1.29, 1.82) is 0 Å². The third-order valence-electron chi connectivity index (χ3n) is 11.0. The van der Waals surface area contributed by atoms with Crippen LogP contribution in [-0.4, -0.2) is 21.3 Å². The summed E-state index contributed by atoms with van der Waals surface area (Å²) in [7, 11) is 3.13. The fraction of sp³-hybridized carbons (Fsp3) is 0.481. The molecule has 0 aliphatic rings. The molecule has 0 aliphatic carbocycles. The summed E-state index contributed by atoms with van der Waals surface area (Å²) in [6.45, 7) is 9.03. The van der Waals surface area contributed by atoms with E-state index in [2.05, 4.69) is 141 Å². The van der Waals surface area contributed by atoms with Crippen LogP contribution in [0.25, 0.3) is 31.3 Å². The maximum absolute atomic E-state index is 5.19. The van der Waals surface area contributed by atoms with Crippen molar-refractivity contribution in [3.63, 3.8) is 0 Å². The number of hydrogen-bond donors (Lipinski definition) is 0. The van der Waals surface area contributed by atoms with E-state index in [9.17, 15) is 0 Å². The minimum atomic E-state index is -0.199. The standard InChI is InChI=1S/C26H34S2.C18H23BrS.C10H17BO2S/c1-3-5-7-8-9-10-12-24-18-20-26(28-24)22-15-13-21(14-16-22)25-19-17-23(27-25)11-6-4-2;1-2-3-4-5-6-7-8-17-13-14-18(20-17)15-9-11-16(19)12-10-15;1-4-5-6-9-7-8-10(14-9)11(12-2)13-3/h13-20H,3-12H2,1-2H3;9-14H,2-8H2,1H3;7-8H,4-6H2,1-3H3. The zero-order chi connectivity index (χ0) is 44.2. The topological polar surface area (TPSA) is 18.5 Å². The quantitative estimate of drug-likeness (QED) is 0.0398. The molecule has 6 rings (SSSR count). The van der Waals surface area contributed by atoms with Gasteiger partial charge in [-0.2, -0.15) is 0 Å². The lowest BCUT2D eigenvalue weighted by atomic mass is 9.88. The molecule has 4 heterocycles. The van der Waals surface area contributed by atoms with Crippen LogP contribution in [0, 0.1) is 0 Å². The third-order valence-corrected chi connectivity index (χ3v) is 16.3. The second-order valence-corrected chi connectivity index (χ2v) is 21.9. The van der Waals surface area contributed by atoms with E-state index >= 15 is 0 Å². The third kappa shape index (κ3) is 19.4. The lowest BCUT2D eigenvalue weighted by Gasteiger charge is -2.04. The fourth-order valence-electron chi connectivity index (χ4n) is 7.26. The lowest BCUT2D eigenvalue weighted by molar-refractivity contribution is 0.292. The summed E-state index contributed by atoms with van der Waals surface area (Å²) >= 11 is 11.1. The zero-order valence-corrected chi connectivity index (χ0v) is 43.6. The van der Waals surface area contributed by atoms with Crippen molar-refractivity contribution < 1.29 is 9.31 Å². The molecule has 0 saturated heterocycles. The maximum Gasteiger partial charge on any atom is 0.504 e. The zero-order valence-electron chi connectivity index (χ0n) is 38.8. The van der Waals surface area contributed by atoms with E-state index < -0.39 is 0 Å². The Balaban J connectivity index is 0.000000218. The van der Waals surface area contributed by atoms with Gasteiger partial charge in [0, 0.05) is 57.6 Å². The highest BCUT2D eigenvalue weighted by Gasteiger charge is 2.20. The average molecular weight is 974 g/mol. The van der Waals surface area contributed by atoms with Gasteiger partial charge in [0.1, 0.15) is 0 Å². The molecule has 0 spiro atoms. The first-order valence-electron chi connectivity index (χ1n) is 23.7. The van der Waals surface area contributed by atoms with Gasteiger partial charge in [-0.25, -0.2) is 0 Å². The molecule has 0 amide bonds. The van der Waals surface area contributed by atoms with E-state index in [1.54, 1.807) is 25.6 Å². The van der Waals surface area contributed by atoms with Crippen molar-refractivity contribution in [2.45, 2.75) is 156 Å². The van der Waals surface area contributed by atoms with Gasteiger partial charge < -0.3 is 9.31 Å². The van der Waals surface area contributed by atoms with Gasteiger partial charge in [-0.1, -0.05) is 163 Å². The molecule has 0 aliphatic heterocycles. The minimum absolute atomic E-state index is 0.199. The minimum Gasteiger partial charge on any atom is -0.410 e. The Morgan fingerprint density at radius 2 is 0.694 bits per heavy atom. The van der Waals surface area contributed by atoms with Gasteiger partial charge >= 0.3 is 7.12 Å². The maximum atomic E-state index is 5.19. The average Bonchev–Trinajstić information content (AvgIpc) is 4.15. The SMILES string of the molecule is CCCCCCCCc1ccc(-c2ccc(-c3ccc(CCCC)s3)cc2)s1.CCCCCCCCc1ccc(-c2ccc(Br)cc2)s1.CCCCc1ccc(B(OC)OC)s1. The molecule has 4 aromatic heterocycles. The Morgan fingerprint density at radius 3 is 1.08 bits per heavy atom. The molecule has 2 aromatic carbocycles. The summed E-state index contributed by atoms with van der Waals surface area (Å²) in [6.07, 6.45) is 26.4. The highest BCUT2D eigenvalue weighted by Crippen LogP contribution is 2.34. The van der Waals surface area contributed by atoms with E-state index in [0.29, 0.717) is 0 Å². The molecule has 0 bridgehead atoms. The van der Waals surface area contributed by atoms with Gasteiger partial charge in [-0.15, -0.1) is 45.3 Å². The van der Waals surface area contributed by atoms with Crippen LogP contribution in [0.4, 0.5) is 0 Å². The number of thiophene rings is 4. The molecule has 0 radical (unpaired) electrons. The lowest BCUT2D eigenvalue weighted by Crippen LogP contribution is -2.32. The van der Waals surface area contributed by atoms with Crippen LogP contribution < -0.4 is 4.78 Å². The normalized spacial score (nSPS) is 11.0. The van der Waals surface area contributed by atoms with Crippen molar-refractivity contribution >= 4 is 73.2 Å². The number of benzene rings is 2. The Kier molecular flexibility index (Phi) is 26.6. The van der Waals surface area contributed by atoms with Gasteiger partial charge in [-0.05, 0) is 123 Å². The van der Waals surface area contributed by atoms with Gasteiger partial charge in [0.2, 0.25) is 0 Å². The first kappa shape index (κ1) is 52.3. The molecule has 0 unspecified atom stereocenters. The Hall–Kier alpha value is -2.30. The second-order valence-electron chi connectivity index (χ2n) is 16.2. The predicted octanol–water partition coefficient (Wildman–Crippen LogP) is 18.5. The molecule has 0 saturated carbocycles. The van der Waals surface area contributed by atoms with Gasteiger partial charge in [0.25, 0.3) is 0 Å². The van der Waals surface area contributed by atoms with Crippen molar-refractivity contribution in [3.05, 3.63) is 121 Å². The van der Waals surface area contributed by atoms with Crippen LogP contribution in [0.15, 0.2) is 102 Å². The summed E-state index contributed by atoms with van der Waals surface area (Å²) < 4.78 is 12.7. The van der Waals surface area contributed by atoms with Gasteiger partial charge in [0.15, 0.2) is 0 Å². The summed E-state index contributed by atoms with van der Waals surface area (Å²) in [5, 5.41) is 0. The molecule has 0 fully saturated rings. The van der Waals surface area contributed by atoms with Crippen LogP contribution in [0.5, 0.6) is 0 Å². The molecular formula is C54H74BBrO2S4. The highest BCUT2D eigenvalue weighted by molar-refractivity contribution is 9.10. The Labute approximate surface area is 402 Å². The predicted molar refractivity (Wildman–Crippen MR) is 286 cm³/mol. The van der Waals surface area contributed by atoms with E-state index in [4.69, 9.17) is 9.31 Å². The largest absolute Gasteiger partial charge is 0.504 e. The molecule has 6 aromatic rings. The number of halogens is 1. The van der Waals surface area contributed by atoms with Gasteiger partial charge in [0.05, 0.1) is 0 Å². The van der Waals surface area contributed by atoms with Crippen LogP contribution >= 0.6 is 61.3 Å². The van der Waals surface area contributed by atoms with E-state index in [0.717, 1.165) is 9.25 Å². The highest BCUT2D eigenvalue weighted by atomic mass is 79.9. The summed E-state index contributed by atoms with van der Waals surface area (Å²) in [5.41, 5.74) is 4.03. The van der Waals surface area contributed by atoms with E-state index in [1.165, 1.54) is 179 Å². The number of rotatable bonds is 26. The molecule has 8 heteroatoms. The number of hydrogen-bond acceptors (Lipinski definition) is 6. The van der Waals surface area contributed by atoms with Crippen molar-refractivity contribution in [3.8, 4) is 31.3 Å². The first-order valence-corrected chi connectivity index (χ1v) is 27.7. The Morgan fingerprint density at radius 1 is 0.371 bits per heavy atom. The van der Waals surface area contributed by atoms with Crippen LogP contribution in [-0.2, 0) is 35.0 Å². The molecule has 0 atom stereocenters. The van der Waals surface area contributed by atoms with Crippen molar-refractivity contribution in [2.24, 2.45) is 0 Å². The van der Waals surface area contributed by atoms with E-state index in [1.807, 2.05) is 34.0 Å². The fourth-order valence-corrected chi connectivity index (χ4v) is 11.8. The Bertz CT molecular complexity index is 2000. The van der Waals surface area contributed by atoms with E-state index in [-0.39, 0.29) is 7.12 Å². The second kappa shape index (κ2) is 31.6. The van der Waals surface area contributed by atoms with Crippen LogP contribution in [0.1, 0.15) is 150 Å². The van der Waals surface area contributed by atoms with Crippen molar-refractivity contribution in [1.82, 2.24) is 0 Å². The van der Waals surface area contributed by atoms with Crippen molar-refractivity contribution in [2.75, 3.05) is 14.2 Å². The molecule has 336 valence electrons. The number of aryl methyl sites for hydroxylation is 4. The van der Waals surface area contributed by atoms with Crippen LogP contribution in [0.3, 0.4) is 0 Å². The molecule has 0 N–H and O–H groups in total. The van der Waals surface area contributed by atoms with Crippen LogP contribution in [0.2, 0.25) is 0 Å². The number of unbranched alkanes of at least 4 members (excludes halogenated alkanes) is 12. The smallest absolute Gasteiger partial charge is 0.410 e. The molecule has 2 nitrogen and oxygen atoms in total. The first-order chi connectivity index (χ1) is 30.4. The monoisotopic (exact) mass is 972 g/mol. The summed E-state index contributed by atoms with van der Waals surface area (Å²) in [6, 6.07) is 35.8.